The van der Waals surface area contributed by atoms with E-state index in [1.165, 1.54) is 0 Å². The van der Waals surface area contributed by atoms with Crippen molar-refractivity contribution in [3.63, 3.8) is 0 Å². The van der Waals surface area contributed by atoms with E-state index >= 15 is 0 Å². The molecule has 18 heavy (non-hydrogen) atoms. The first kappa shape index (κ1) is 12.8. The lowest BCUT2D eigenvalue weighted by Crippen LogP contribution is -2.46. The van der Waals surface area contributed by atoms with Gasteiger partial charge in [-0.3, -0.25) is 0 Å². The maximum absolute atomic E-state index is 8.75. The number of pyridine rings is 1. The van der Waals surface area contributed by atoms with Crippen molar-refractivity contribution in [2.24, 2.45) is 0 Å². The van der Waals surface area contributed by atoms with Crippen molar-refractivity contribution in [1.29, 1.82) is 5.26 Å². The zero-order chi connectivity index (χ0) is 13.0. The summed E-state index contributed by atoms with van der Waals surface area (Å²) in [5.41, 5.74) is 0.594. The van der Waals surface area contributed by atoms with E-state index in [1.54, 1.807) is 12.3 Å². The Morgan fingerprint density at radius 2 is 2.39 bits per heavy atom. The minimum absolute atomic E-state index is 0.214. The summed E-state index contributed by atoms with van der Waals surface area (Å²) in [6.45, 7) is 3.33. The second-order valence-corrected chi connectivity index (χ2v) is 4.72. The third-order valence-electron chi connectivity index (χ3n) is 2.91. The molecule has 2 heterocycles. The van der Waals surface area contributed by atoms with Crippen molar-refractivity contribution in [3.05, 3.63) is 23.9 Å². The van der Waals surface area contributed by atoms with Gasteiger partial charge < -0.3 is 14.5 Å². The second kappa shape index (κ2) is 5.80. The quantitative estimate of drug-likeness (QED) is 0.786. The maximum Gasteiger partial charge on any atom is 0.128 e. The van der Waals surface area contributed by atoms with E-state index in [-0.39, 0.29) is 6.10 Å². The van der Waals surface area contributed by atoms with Gasteiger partial charge in [-0.05, 0) is 26.2 Å². The van der Waals surface area contributed by atoms with Gasteiger partial charge in [0.25, 0.3) is 0 Å². The van der Waals surface area contributed by atoms with Crippen LogP contribution in [0.15, 0.2) is 18.3 Å². The molecular formula is C13H18N4O. The summed E-state index contributed by atoms with van der Waals surface area (Å²) in [5.74, 6) is 0.918. The number of ether oxygens (including phenoxy) is 1. The molecule has 0 aromatic carbocycles. The fourth-order valence-electron chi connectivity index (χ4n) is 2.08. The summed E-state index contributed by atoms with van der Waals surface area (Å²) in [5, 5.41) is 8.75. The van der Waals surface area contributed by atoms with Gasteiger partial charge in [-0.2, -0.15) is 5.26 Å². The van der Waals surface area contributed by atoms with Gasteiger partial charge in [0, 0.05) is 25.8 Å². The van der Waals surface area contributed by atoms with Gasteiger partial charge in [-0.25, -0.2) is 4.98 Å². The van der Waals surface area contributed by atoms with Crippen molar-refractivity contribution < 1.29 is 4.74 Å². The van der Waals surface area contributed by atoms with E-state index in [2.05, 4.69) is 20.9 Å². The summed E-state index contributed by atoms with van der Waals surface area (Å²) >= 11 is 0. The molecule has 0 radical (unpaired) electrons. The smallest absolute Gasteiger partial charge is 0.128 e. The van der Waals surface area contributed by atoms with Crippen molar-refractivity contribution in [2.45, 2.75) is 6.10 Å². The van der Waals surface area contributed by atoms with Gasteiger partial charge in [0.1, 0.15) is 11.9 Å². The highest BCUT2D eigenvalue weighted by Gasteiger charge is 2.21. The van der Waals surface area contributed by atoms with Crippen molar-refractivity contribution >= 4 is 5.82 Å². The highest BCUT2D eigenvalue weighted by Crippen LogP contribution is 2.15. The average Bonchev–Trinajstić information content (AvgIpc) is 2.38. The molecule has 1 aliphatic rings. The number of nitrogens with zero attached hydrogens (tertiary/aromatic N) is 4. The van der Waals surface area contributed by atoms with E-state index in [1.807, 2.05) is 20.2 Å². The van der Waals surface area contributed by atoms with E-state index in [9.17, 15) is 0 Å². The molecule has 5 heteroatoms. The van der Waals surface area contributed by atoms with E-state index in [0.717, 1.165) is 32.1 Å². The highest BCUT2D eigenvalue weighted by atomic mass is 16.5. The first-order valence-corrected chi connectivity index (χ1v) is 6.06. The van der Waals surface area contributed by atoms with Crippen LogP contribution < -0.4 is 4.90 Å². The maximum atomic E-state index is 8.75. The number of anilines is 1. The van der Waals surface area contributed by atoms with E-state index in [0.29, 0.717) is 5.56 Å². The largest absolute Gasteiger partial charge is 0.373 e. The molecule has 1 saturated heterocycles. The Bertz CT molecular complexity index is 424. The first-order valence-electron chi connectivity index (χ1n) is 6.06. The molecule has 0 aliphatic carbocycles. The topological polar surface area (TPSA) is 52.4 Å². The van der Waals surface area contributed by atoms with Crippen LogP contribution >= 0.6 is 0 Å². The normalized spacial score (nSPS) is 19.9. The van der Waals surface area contributed by atoms with Crippen LogP contribution in [0.1, 0.15) is 5.56 Å². The second-order valence-electron chi connectivity index (χ2n) is 4.72. The molecular weight excluding hydrogens is 228 g/mol. The summed E-state index contributed by atoms with van der Waals surface area (Å²) in [6, 6.07) is 5.78. The lowest BCUT2D eigenvalue weighted by molar-refractivity contribution is 0.0245. The molecule has 1 aromatic heterocycles. The van der Waals surface area contributed by atoms with Crippen LogP contribution in [-0.2, 0) is 4.74 Å². The number of aromatic nitrogens is 1. The van der Waals surface area contributed by atoms with Crippen molar-refractivity contribution in [3.8, 4) is 6.07 Å². The van der Waals surface area contributed by atoms with Gasteiger partial charge in [-0.15, -0.1) is 0 Å². The monoisotopic (exact) mass is 246 g/mol. The third kappa shape index (κ3) is 3.19. The molecule has 2 rings (SSSR count). The Morgan fingerprint density at radius 1 is 1.56 bits per heavy atom. The lowest BCUT2D eigenvalue weighted by Gasteiger charge is -2.34. The molecule has 0 unspecified atom stereocenters. The highest BCUT2D eigenvalue weighted by molar-refractivity contribution is 5.42. The van der Waals surface area contributed by atoms with Gasteiger partial charge in [0.2, 0.25) is 0 Å². The molecule has 0 N–H and O–H groups in total. The van der Waals surface area contributed by atoms with Gasteiger partial charge >= 0.3 is 0 Å². The fourth-order valence-corrected chi connectivity index (χ4v) is 2.08. The van der Waals surface area contributed by atoms with Crippen LogP contribution in [0.2, 0.25) is 0 Å². The number of morpholine rings is 1. The van der Waals surface area contributed by atoms with Crippen LogP contribution in [0.4, 0.5) is 5.82 Å². The standard InChI is InChI=1S/C13H18N4O/c1-16(2)9-12-10-17(5-6-18-12)13-4-3-11(7-14)8-15-13/h3-4,8,12H,5-6,9-10H2,1-2H3/t12-/m0/s1. The Kier molecular flexibility index (Phi) is 4.13. The molecule has 96 valence electrons. The van der Waals surface area contributed by atoms with E-state index < -0.39 is 0 Å². The number of hydrogen-bond donors (Lipinski definition) is 0. The number of rotatable bonds is 3. The predicted octanol–water partition coefficient (Wildman–Crippen LogP) is 0.720. The Labute approximate surface area is 108 Å². The Balaban J connectivity index is 2.01. The van der Waals surface area contributed by atoms with Crippen LogP contribution in [0.5, 0.6) is 0 Å². The van der Waals surface area contributed by atoms with Gasteiger partial charge in [0.05, 0.1) is 18.3 Å². The molecule has 0 amide bonds. The van der Waals surface area contributed by atoms with Crippen LogP contribution in [0.3, 0.4) is 0 Å². The fraction of sp³-hybridized carbons (Fsp3) is 0.538. The Hall–Kier alpha value is -1.64. The zero-order valence-corrected chi connectivity index (χ0v) is 10.8. The Morgan fingerprint density at radius 3 is 3.00 bits per heavy atom. The number of likely N-dealkylation sites (N-methyl/N-ethyl adjacent to an activating group) is 1. The van der Waals surface area contributed by atoms with Crippen molar-refractivity contribution in [2.75, 3.05) is 45.2 Å². The third-order valence-corrected chi connectivity index (χ3v) is 2.91. The molecule has 1 aromatic rings. The number of nitriles is 1. The van der Waals surface area contributed by atoms with Crippen LogP contribution in [0, 0.1) is 11.3 Å². The summed E-state index contributed by atoms with van der Waals surface area (Å²) in [4.78, 5) is 8.65. The minimum atomic E-state index is 0.214. The zero-order valence-electron chi connectivity index (χ0n) is 10.8. The predicted molar refractivity (Wildman–Crippen MR) is 69.5 cm³/mol. The molecule has 5 nitrogen and oxygen atoms in total. The van der Waals surface area contributed by atoms with Crippen LogP contribution in [0.25, 0.3) is 0 Å². The lowest BCUT2D eigenvalue weighted by atomic mass is 10.2. The van der Waals surface area contributed by atoms with Gasteiger partial charge in [0.15, 0.2) is 0 Å². The summed E-state index contributed by atoms with van der Waals surface area (Å²) in [7, 11) is 4.09. The average molecular weight is 246 g/mol. The molecule has 0 bridgehead atoms. The van der Waals surface area contributed by atoms with Crippen molar-refractivity contribution in [1.82, 2.24) is 9.88 Å². The summed E-state index contributed by atoms with van der Waals surface area (Å²) in [6.07, 6.45) is 1.83. The van der Waals surface area contributed by atoms with Gasteiger partial charge in [-0.1, -0.05) is 0 Å². The molecule has 1 atom stereocenters. The van der Waals surface area contributed by atoms with Crippen LogP contribution in [-0.4, -0.2) is 56.3 Å². The molecule has 1 aliphatic heterocycles. The van der Waals surface area contributed by atoms with E-state index in [4.69, 9.17) is 10.00 Å². The molecule has 0 saturated carbocycles. The first-order chi connectivity index (χ1) is 8.69. The number of hydrogen-bond acceptors (Lipinski definition) is 5. The molecule has 0 spiro atoms. The summed E-state index contributed by atoms with van der Waals surface area (Å²) < 4.78 is 5.72. The minimum Gasteiger partial charge on any atom is -0.373 e. The SMILES string of the molecule is CN(C)C[C@H]1CN(c2ccc(C#N)cn2)CCO1. The molecule has 1 fully saturated rings.